The summed E-state index contributed by atoms with van der Waals surface area (Å²) in [5, 5.41) is 37.5. The Morgan fingerprint density at radius 2 is 1.80 bits per heavy atom. The highest BCUT2D eigenvalue weighted by Gasteiger charge is 2.60. The molecule has 11 nitrogen and oxygen atoms in total. The lowest BCUT2D eigenvalue weighted by Crippen LogP contribution is -2.30. The molecule has 2 saturated heterocycles. The smallest absolute Gasteiger partial charge is 0.303 e. The lowest BCUT2D eigenvalue weighted by Gasteiger charge is -2.19. The van der Waals surface area contributed by atoms with Crippen molar-refractivity contribution in [3.63, 3.8) is 0 Å². The first kappa shape index (κ1) is 32.5. The van der Waals surface area contributed by atoms with Gasteiger partial charge >= 0.3 is 11.9 Å². The molecule has 12 heteroatoms. The van der Waals surface area contributed by atoms with Crippen LogP contribution in [0.25, 0.3) is 6.08 Å². The molecule has 4 aliphatic heterocycles. The molecule has 1 aromatic heterocycles. The number of hydrazine groups is 1. The molecule has 4 aliphatic rings. The number of nitrogens with zero attached hydrogens (tertiary/aromatic N) is 1. The van der Waals surface area contributed by atoms with Crippen LogP contribution in [-0.4, -0.2) is 60.1 Å². The first-order chi connectivity index (χ1) is 21.2. The third kappa shape index (κ3) is 5.81. The number of hydrogen-bond acceptors (Lipinski definition) is 8. The Labute approximate surface area is 268 Å². The minimum Gasteiger partial charge on any atom is -0.495 e. The van der Waals surface area contributed by atoms with Gasteiger partial charge in [-0.2, -0.15) is 18.1 Å². The Morgan fingerprint density at radius 3 is 2.40 bits per heavy atom. The molecule has 0 spiro atoms. The van der Waals surface area contributed by atoms with E-state index in [0.29, 0.717) is 19.3 Å². The summed E-state index contributed by atoms with van der Waals surface area (Å²) in [5.74, 6) is -2.03. The predicted octanol–water partition coefficient (Wildman–Crippen LogP) is 4.08. The van der Waals surface area contributed by atoms with Gasteiger partial charge in [-0.1, -0.05) is 33.4 Å². The Hall–Kier alpha value is -3.90. The number of aliphatic carboxylic acids is 2. The number of amides is 1. The summed E-state index contributed by atoms with van der Waals surface area (Å²) in [7, 11) is 0. The monoisotopic (exact) mass is 637 g/mol. The maximum absolute atomic E-state index is 12.6. The fraction of sp³-hybridized carbons (Fsp3) is 0.485. The van der Waals surface area contributed by atoms with Crippen LogP contribution in [0.2, 0.25) is 0 Å². The number of carbonyl (C=O) groups is 3. The number of aliphatic hydroxyl groups excluding tert-OH is 1. The molecule has 2 fully saturated rings. The molecule has 2 unspecified atom stereocenters. The van der Waals surface area contributed by atoms with Crippen LogP contribution in [0.3, 0.4) is 0 Å². The fourth-order valence-corrected chi connectivity index (χ4v) is 7.61. The van der Waals surface area contributed by atoms with Crippen LogP contribution in [0, 0.1) is 24.7 Å². The third-order valence-corrected chi connectivity index (χ3v) is 10.3. The highest BCUT2D eigenvalue weighted by molar-refractivity contribution is 7.80. The van der Waals surface area contributed by atoms with E-state index in [9.17, 15) is 29.7 Å². The number of H-pyrrole nitrogens is 1. The second-order valence-electron chi connectivity index (χ2n) is 12.7. The summed E-state index contributed by atoms with van der Waals surface area (Å²) in [4.78, 5) is 39.4. The van der Waals surface area contributed by atoms with Crippen LogP contribution in [0.4, 0.5) is 0 Å². The van der Waals surface area contributed by atoms with Crippen molar-refractivity contribution < 1.29 is 29.7 Å². The molecule has 0 saturated carbocycles. The van der Waals surface area contributed by atoms with Gasteiger partial charge < -0.3 is 30.9 Å². The summed E-state index contributed by atoms with van der Waals surface area (Å²) in [6.45, 7) is 13.7. The number of aliphatic hydroxyl groups is 1. The van der Waals surface area contributed by atoms with Crippen molar-refractivity contribution >= 4 is 36.6 Å². The summed E-state index contributed by atoms with van der Waals surface area (Å²) < 4.78 is 0. The first-order valence-electron chi connectivity index (χ1n) is 15.4. The van der Waals surface area contributed by atoms with Crippen LogP contribution in [0.15, 0.2) is 52.7 Å². The number of carboxylic acid groups (broad SMARTS) is 2. The lowest BCUT2D eigenvalue weighted by atomic mass is 9.89. The molecule has 0 bridgehead atoms. The molecule has 5 rings (SSSR count). The average Bonchev–Trinajstić information content (AvgIpc) is 3.28. The number of fused-ring (bicyclic) bond motifs is 1. The summed E-state index contributed by atoms with van der Waals surface area (Å²) in [6, 6.07) is -0.0813. The molecule has 242 valence electrons. The minimum absolute atomic E-state index is 0.0236. The Morgan fingerprint density at radius 1 is 1.13 bits per heavy atom. The van der Waals surface area contributed by atoms with Gasteiger partial charge in [-0.25, -0.2) is 0 Å². The standard InChI is InChI=1S/C33H43N5O6S/c1-7-20-15(2)24(35-32(20)44)12-23-16(3)21(8-10-28(39)40)25(34-23)13-27-22(9-11-29(41)42)18(5)33(37-38(27)33)14-26-30(19(6)45)17(4)31(43)36-26/h7,13-15,17,19,24,30,34-35,37,44-45H,1,8-12H2,2-6H3,(H,36,43)(H,39,40)(H,41,42)/b26-14-,27-13-/t15?,17-,19?,24-,30+,33-,38?/m1/s1. The normalized spacial score (nSPS) is 29.8. The van der Waals surface area contributed by atoms with Crippen molar-refractivity contribution in [1.29, 1.82) is 0 Å². The number of nitrogens with one attached hydrogen (secondary N) is 4. The summed E-state index contributed by atoms with van der Waals surface area (Å²) in [6.07, 6.45) is 6.73. The van der Waals surface area contributed by atoms with Gasteiger partial charge in [0, 0.05) is 71.0 Å². The van der Waals surface area contributed by atoms with Gasteiger partial charge in [0.05, 0.1) is 5.70 Å². The molecule has 6 atom stereocenters. The highest BCUT2D eigenvalue weighted by atomic mass is 32.1. The van der Waals surface area contributed by atoms with Gasteiger partial charge in [-0.05, 0) is 61.1 Å². The predicted molar refractivity (Wildman–Crippen MR) is 174 cm³/mol. The van der Waals surface area contributed by atoms with E-state index in [2.05, 4.69) is 40.3 Å². The van der Waals surface area contributed by atoms with E-state index in [1.165, 1.54) is 0 Å². The zero-order valence-corrected chi connectivity index (χ0v) is 27.2. The molecule has 1 aromatic rings. The fourth-order valence-electron chi connectivity index (χ4n) is 7.20. The largest absolute Gasteiger partial charge is 0.495 e. The molecule has 1 amide bonds. The highest BCUT2D eigenvalue weighted by Crippen LogP contribution is 2.52. The van der Waals surface area contributed by atoms with Gasteiger partial charge in [0.1, 0.15) is 0 Å². The number of carboxylic acids is 2. The summed E-state index contributed by atoms with van der Waals surface area (Å²) >= 11 is 4.66. The number of aromatic amines is 1. The first-order valence-corrected chi connectivity index (χ1v) is 15.9. The van der Waals surface area contributed by atoms with E-state index in [1.807, 2.05) is 51.8 Å². The van der Waals surface area contributed by atoms with Crippen molar-refractivity contribution in [2.75, 3.05) is 0 Å². The number of aromatic nitrogens is 1. The van der Waals surface area contributed by atoms with Gasteiger partial charge in [-0.3, -0.25) is 19.4 Å². The van der Waals surface area contributed by atoms with Crippen molar-refractivity contribution in [3.8, 4) is 0 Å². The molecule has 5 heterocycles. The molecule has 0 aromatic carbocycles. The van der Waals surface area contributed by atoms with E-state index in [0.717, 1.165) is 50.6 Å². The third-order valence-electron chi connectivity index (χ3n) is 9.93. The van der Waals surface area contributed by atoms with Crippen LogP contribution < -0.4 is 16.1 Å². The van der Waals surface area contributed by atoms with Crippen molar-refractivity contribution in [2.24, 2.45) is 17.8 Å². The Bertz CT molecular complexity index is 1590. The molecule has 0 radical (unpaired) electrons. The molecular formula is C33H43N5O6S. The number of thiol groups is 1. The van der Waals surface area contributed by atoms with Gasteiger partial charge in [-0.15, -0.1) is 0 Å². The van der Waals surface area contributed by atoms with Crippen molar-refractivity contribution in [2.45, 2.75) is 83.7 Å². The van der Waals surface area contributed by atoms with E-state index >= 15 is 0 Å². The quantitative estimate of drug-likeness (QED) is 0.124. The lowest BCUT2D eigenvalue weighted by molar-refractivity contribution is -0.138. The summed E-state index contributed by atoms with van der Waals surface area (Å²) in [5.41, 5.74) is 10.4. The van der Waals surface area contributed by atoms with E-state index in [1.54, 1.807) is 6.08 Å². The number of carbonyl (C=O) groups excluding carboxylic acids is 1. The van der Waals surface area contributed by atoms with E-state index < -0.39 is 17.6 Å². The van der Waals surface area contributed by atoms with Gasteiger partial charge in [0.2, 0.25) is 5.91 Å². The van der Waals surface area contributed by atoms with Gasteiger partial charge in [0.15, 0.2) is 11.5 Å². The SMILES string of the molecule is C=CC1=C(O)N[C@H](Cc2[nH]c(/C=C3/C(CCC(=O)O)=C(C)[C@]4(/C=C5\NC(=O)[C@H](C)[C@H]5C(C)S)NN34)c(CCC(=O)O)c2C)C1C. The van der Waals surface area contributed by atoms with Crippen LogP contribution in [0.5, 0.6) is 0 Å². The van der Waals surface area contributed by atoms with Crippen LogP contribution in [-0.2, 0) is 27.2 Å². The van der Waals surface area contributed by atoms with Crippen LogP contribution >= 0.6 is 12.6 Å². The topological polar surface area (TPSA) is 177 Å². The second-order valence-corrected chi connectivity index (χ2v) is 13.5. The Kier molecular flexibility index (Phi) is 8.76. The maximum Gasteiger partial charge on any atom is 0.303 e. The molecular weight excluding hydrogens is 594 g/mol. The average molecular weight is 638 g/mol. The number of rotatable bonds is 12. The van der Waals surface area contributed by atoms with E-state index in [-0.39, 0.29) is 53.7 Å². The van der Waals surface area contributed by atoms with Crippen molar-refractivity contribution in [3.05, 3.63) is 75.2 Å². The zero-order valence-electron chi connectivity index (χ0n) is 26.3. The molecule has 7 N–H and O–H groups in total. The molecule has 45 heavy (non-hydrogen) atoms. The van der Waals surface area contributed by atoms with Crippen molar-refractivity contribution in [1.82, 2.24) is 26.1 Å². The van der Waals surface area contributed by atoms with Crippen LogP contribution in [0.1, 0.15) is 69.5 Å². The number of allylic oxidation sites excluding steroid dienone is 3. The minimum atomic E-state index is -0.902. The van der Waals surface area contributed by atoms with E-state index in [4.69, 9.17) is 0 Å². The zero-order chi connectivity index (χ0) is 33.0. The Balaban J connectivity index is 1.55. The number of hydrogen-bond donors (Lipinski definition) is 8. The molecule has 0 aliphatic carbocycles. The van der Waals surface area contributed by atoms with Gasteiger partial charge in [0.25, 0.3) is 0 Å². The second kappa shape index (κ2) is 12.1. The maximum atomic E-state index is 12.6.